The van der Waals surface area contributed by atoms with Gasteiger partial charge in [0.25, 0.3) is 15.0 Å². The van der Waals surface area contributed by atoms with Crippen molar-refractivity contribution < 1.29 is 17.9 Å². The fourth-order valence-electron chi connectivity index (χ4n) is 1.58. The van der Waals surface area contributed by atoms with Crippen LogP contribution in [0.5, 0.6) is 0 Å². The van der Waals surface area contributed by atoms with Crippen LogP contribution in [-0.2, 0) is 20.3 Å². The van der Waals surface area contributed by atoms with Gasteiger partial charge in [-0.05, 0) is 19.4 Å². The van der Waals surface area contributed by atoms with Crippen molar-refractivity contribution in [3.05, 3.63) is 18.0 Å². The third-order valence-corrected chi connectivity index (χ3v) is 3.86. The van der Waals surface area contributed by atoms with Crippen molar-refractivity contribution in [3.8, 4) is 0 Å². The van der Waals surface area contributed by atoms with Crippen LogP contribution < -0.4 is 5.32 Å². The van der Waals surface area contributed by atoms with Gasteiger partial charge in [-0.2, -0.15) is 0 Å². The first-order valence-electron chi connectivity index (χ1n) is 5.82. The van der Waals surface area contributed by atoms with E-state index in [0.717, 1.165) is 0 Å². The SMILES string of the molecule is CCn1cc(S(=O)(=O)Cl)cc1C(=O)NCCCOC. The second kappa shape index (κ2) is 6.93. The van der Waals surface area contributed by atoms with Gasteiger partial charge < -0.3 is 14.6 Å². The number of rotatable bonds is 7. The summed E-state index contributed by atoms with van der Waals surface area (Å²) < 4.78 is 28.9. The fraction of sp³-hybridized carbons (Fsp3) is 0.545. The summed E-state index contributed by atoms with van der Waals surface area (Å²) >= 11 is 0. The number of carbonyl (C=O) groups excluding carboxylic acids is 1. The van der Waals surface area contributed by atoms with Crippen LogP contribution in [0.4, 0.5) is 0 Å². The van der Waals surface area contributed by atoms with E-state index in [0.29, 0.717) is 26.1 Å². The highest BCUT2D eigenvalue weighted by Gasteiger charge is 2.19. The number of methoxy groups -OCH3 is 1. The maximum absolute atomic E-state index is 11.9. The Morgan fingerprint density at radius 1 is 1.53 bits per heavy atom. The molecule has 1 heterocycles. The second-order valence-electron chi connectivity index (χ2n) is 3.89. The van der Waals surface area contributed by atoms with Crippen LogP contribution in [0.2, 0.25) is 0 Å². The summed E-state index contributed by atoms with van der Waals surface area (Å²) in [6.07, 6.45) is 2.04. The van der Waals surface area contributed by atoms with E-state index in [4.69, 9.17) is 15.4 Å². The largest absolute Gasteiger partial charge is 0.385 e. The highest BCUT2D eigenvalue weighted by molar-refractivity contribution is 8.13. The van der Waals surface area contributed by atoms with Crippen molar-refractivity contribution in [1.29, 1.82) is 0 Å². The minimum absolute atomic E-state index is 0.0712. The van der Waals surface area contributed by atoms with E-state index in [2.05, 4.69) is 5.32 Å². The average Bonchev–Trinajstić information content (AvgIpc) is 2.78. The van der Waals surface area contributed by atoms with Crippen molar-refractivity contribution in [2.45, 2.75) is 24.8 Å². The van der Waals surface area contributed by atoms with Gasteiger partial charge in [-0.25, -0.2) is 8.42 Å². The molecule has 1 aromatic heterocycles. The zero-order valence-corrected chi connectivity index (χ0v) is 12.4. The van der Waals surface area contributed by atoms with Crippen LogP contribution in [0, 0.1) is 0 Å². The van der Waals surface area contributed by atoms with E-state index in [1.165, 1.54) is 12.3 Å². The number of hydrogen-bond acceptors (Lipinski definition) is 4. The van der Waals surface area contributed by atoms with Crippen molar-refractivity contribution in [2.75, 3.05) is 20.3 Å². The van der Waals surface area contributed by atoms with Crippen LogP contribution in [0.15, 0.2) is 17.2 Å². The summed E-state index contributed by atoms with van der Waals surface area (Å²) in [5, 5.41) is 2.70. The van der Waals surface area contributed by atoms with Crippen molar-refractivity contribution in [1.82, 2.24) is 9.88 Å². The minimum Gasteiger partial charge on any atom is -0.385 e. The van der Waals surface area contributed by atoms with Crippen molar-refractivity contribution in [2.24, 2.45) is 0 Å². The Morgan fingerprint density at radius 3 is 2.74 bits per heavy atom. The molecule has 6 nitrogen and oxygen atoms in total. The summed E-state index contributed by atoms with van der Waals surface area (Å²) in [5.74, 6) is -0.329. The predicted octanol–water partition coefficient (Wildman–Crippen LogP) is 1.20. The van der Waals surface area contributed by atoms with E-state index in [-0.39, 0.29) is 16.5 Å². The zero-order chi connectivity index (χ0) is 14.5. The first-order valence-corrected chi connectivity index (χ1v) is 8.13. The molecular weight excluding hydrogens is 292 g/mol. The average molecular weight is 309 g/mol. The molecule has 0 aliphatic carbocycles. The number of aryl methyl sites for hydroxylation is 1. The zero-order valence-electron chi connectivity index (χ0n) is 10.8. The highest BCUT2D eigenvalue weighted by atomic mass is 35.7. The molecule has 8 heteroatoms. The Bertz CT molecular complexity index is 539. The van der Waals surface area contributed by atoms with Gasteiger partial charge in [-0.15, -0.1) is 0 Å². The van der Waals surface area contributed by atoms with Gasteiger partial charge in [0, 0.05) is 43.7 Å². The van der Waals surface area contributed by atoms with Crippen LogP contribution in [0.1, 0.15) is 23.8 Å². The maximum atomic E-state index is 11.9. The van der Waals surface area contributed by atoms with Crippen molar-refractivity contribution in [3.63, 3.8) is 0 Å². The summed E-state index contributed by atoms with van der Waals surface area (Å²) in [4.78, 5) is 11.8. The van der Waals surface area contributed by atoms with E-state index >= 15 is 0 Å². The van der Waals surface area contributed by atoms with Gasteiger partial charge in [-0.3, -0.25) is 4.79 Å². The molecule has 0 fully saturated rings. The number of halogens is 1. The number of carbonyl (C=O) groups is 1. The van der Waals surface area contributed by atoms with Gasteiger partial charge in [0.05, 0.1) is 0 Å². The molecule has 0 saturated carbocycles. The number of nitrogens with zero attached hydrogens (tertiary/aromatic N) is 1. The smallest absolute Gasteiger partial charge is 0.267 e. The number of nitrogens with one attached hydrogen (secondary N) is 1. The lowest BCUT2D eigenvalue weighted by atomic mass is 10.3. The van der Waals surface area contributed by atoms with Gasteiger partial charge in [0.2, 0.25) is 0 Å². The lowest BCUT2D eigenvalue weighted by molar-refractivity contribution is 0.0939. The molecule has 0 spiro atoms. The molecule has 0 aromatic carbocycles. The van der Waals surface area contributed by atoms with Crippen LogP contribution in [0.25, 0.3) is 0 Å². The van der Waals surface area contributed by atoms with Crippen LogP contribution >= 0.6 is 10.7 Å². The van der Waals surface area contributed by atoms with Gasteiger partial charge in [-0.1, -0.05) is 0 Å². The Morgan fingerprint density at radius 2 is 2.21 bits per heavy atom. The normalized spacial score (nSPS) is 11.5. The van der Waals surface area contributed by atoms with Gasteiger partial charge in [0.1, 0.15) is 10.6 Å². The van der Waals surface area contributed by atoms with E-state index in [1.54, 1.807) is 11.7 Å². The summed E-state index contributed by atoms with van der Waals surface area (Å²) in [6, 6.07) is 1.28. The molecule has 1 aromatic rings. The Kier molecular flexibility index (Phi) is 5.84. The predicted molar refractivity (Wildman–Crippen MR) is 72.0 cm³/mol. The van der Waals surface area contributed by atoms with E-state index in [9.17, 15) is 13.2 Å². The molecule has 1 amide bonds. The first-order chi connectivity index (χ1) is 8.90. The Balaban J connectivity index is 2.81. The summed E-state index contributed by atoms with van der Waals surface area (Å²) in [5.41, 5.74) is 0.277. The first kappa shape index (κ1) is 16.0. The highest BCUT2D eigenvalue weighted by Crippen LogP contribution is 2.18. The number of hydrogen-bond donors (Lipinski definition) is 1. The molecule has 1 rings (SSSR count). The van der Waals surface area contributed by atoms with Gasteiger partial charge in [0.15, 0.2) is 0 Å². The van der Waals surface area contributed by atoms with Gasteiger partial charge >= 0.3 is 0 Å². The third-order valence-electron chi connectivity index (χ3n) is 2.54. The molecule has 108 valence electrons. The lowest BCUT2D eigenvalue weighted by Gasteiger charge is -2.07. The van der Waals surface area contributed by atoms with Crippen molar-refractivity contribution >= 4 is 25.6 Å². The fourth-order valence-corrected chi connectivity index (χ4v) is 2.34. The van der Waals surface area contributed by atoms with Crippen LogP contribution in [0.3, 0.4) is 0 Å². The maximum Gasteiger partial charge on any atom is 0.267 e. The number of ether oxygens (including phenoxy) is 1. The second-order valence-corrected chi connectivity index (χ2v) is 6.45. The third kappa shape index (κ3) is 4.52. The molecule has 1 N–H and O–H groups in total. The monoisotopic (exact) mass is 308 g/mol. The molecule has 19 heavy (non-hydrogen) atoms. The molecule has 0 unspecified atom stereocenters. The summed E-state index contributed by atoms with van der Waals surface area (Å²) in [6.45, 7) is 3.31. The summed E-state index contributed by atoms with van der Waals surface area (Å²) in [7, 11) is 3.02. The standard InChI is InChI=1S/C11H17ClN2O4S/c1-3-14-8-9(19(12,16)17)7-10(14)11(15)13-5-4-6-18-2/h7-8H,3-6H2,1-2H3,(H,13,15). The molecule has 0 saturated heterocycles. The number of aromatic nitrogens is 1. The number of amides is 1. The molecule has 0 radical (unpaired) electrons. The Labute approximate surface area is 117 Å². The topological polar surface area (TPSA) is 77.4 Å². The van der Waals surface area contributed by atoms with E-state index < -0.39 is 9.05 Å². The molecule has 0 atom stereocenters. The van der Waals surface area contributed by atoms with E-state index in [1.807, 2.05) is 6.92 Å². The van der Waals surface area contributed by atoms with Crippen LogP contribution in [-0.4, -0.2) is 39.2 Å². The quantitative estimate of drug-likeness (QED) is 0.606. The molecule has 0 aliphatic heterocycles. The molecular formula is C11H17ClN2O4S. The molecule has 0 aliphatic rings. The minimum atomic E-state index is -3.83. The molecule has 0 bridgehead atoms. The lowest BCUT2D eigenvalue weighted by Crippen LogP contribution is -2.27. The Hall–Kier alpha value is -1.05.